The third kappa shape index (κ3) is 4.50. The van der Waals surface area contributed by atoms with E-state index in [9.17, 15) is 4.79 Å². The minimum atomic E-state index is -0.445. The van der Waals surface area contributed by atoms with Crippen molar-refractivity contribution in [3.63, 3.8) is 0 Å². The molecular formula is C14H25N3O3S. The molecule has 0 aliphatic carbocycles. The van der Waals surface area contributed by atoms with E-state index in [2.05, 4.69) is 17.1 Å². The lowest BCUT2D eigenvalue weighted by Crippen LogP contribution is -2.31. The number of nitrogen functional groups attached to an aromatic ring is 1. The Balaban J connectivity index is 3.02. The number of nitrogens with two attached hydrogens (primary N) is 1. The highest BCUT2D eigenvalue weighted by molar-refractivity contribution is 7.19. The Morgan fingerprint density at radius 1 is 1.38 bits per heavy atom. The average molecular weight is 315 g/mol. The van der Waals surface area contributed by atoms with Crippen molar-refractivity contribution < 1.29 is 14.3 Å². The fourth-order valence-electron chi connectivity index (χ4n) is 1.57. The topological polar surface area (TPSA) is 76.8 Å². The molecular weight excluding hydrogens is 290 g/mol. The largest absolute Gasteiger partial charge is 0.486 e. The standard InChI is InChI=1S/C14H25N3O3S/c1-8(2)20-11-10(15)12(14(18)19-6)21-13(11)16-7-9(3)17(4)5/h8-9,16H,7,15H2,1-6H3. The van der Waals surface area contributed by atoms with Crippen LogP contribution >= 0.6 is 11.3 Å². The van der Waals surface area contributed by atoms with Crippen LogP contribution in [-0.4, -0.2) is 50.8 Å². The van der Waals surface area contributed by atoms with Crippen molar-refractivity contribution in [1.82, 2.24) is 4.90 Å². The molecule has 0 aliphatic heterocycles. The monoisotopic (exact) mass is 315 g/mol. The van der Waals surface area contributed by atoms with Gasteiger partial charge in [-0.2, -0.15) is 0 Å². The number of carbonyl (C=O) groups excluding carboxylic acids is 1. The summed E-state index contributed by atoms with van der Waals surface area (Å²) in [7, 11) is 5.37. The molecule has 120 valence electrons. The lowest BCUT2D eigenvalue weighted by molar-refractivity contribution is 0.0607. The first-order valence-electron chi connectivity index (χ1n) is 6.85. The molecule has 0 aromatic carbocycles. The van der Waals surface area contributed by atoms with Gasteiger partial charge in [-0.1, -0.05) is 0 Å². The molecule has 1 aromatic heterocycles. The number of thiophene rings is 1. The van der Waals surface area contributed by atoms with Crippen LogP contribution in [0.5, 0.6) is 5.75 Å². The summed E-state index contributed by atoms with van der Waals surface area (Å²) < 4.78 is 10.5. The van der Waals surface area contributed by atoms with Gasteiger partial charge in [0.25, 0.3) is 0 Å². The molecule has 7 heteroatoms. The van der Waals surface area contributed by atoms with E-state index in [1.54, 1.807) is 0 Å². The van der Waals surface area contributed by atoms with Gasteiger partial charge < -0.3 is 25.4 Å². The molecule has 21 heavy (non-hydrogen) atoms. The van der Waals surface area contributed by atoms with Gasteiger partial charge in [-0.25, -0.2) is 4.79 Å². The third-order valence-electron chi connectivity index (χ3n) is 3.06. The molecule has 1 rings (SSSR count). The zero-order chi connectivity index (χ0) is 16.2. The number of anilines is 2. The Bertz CT molecular complexity index is 486. The normalized spacial score (nSPS) is 12.6. The number of esters is 1. The summed E-state index contributed by atoms with van der Waals surface area (Å²) >= 11 is 1.26. The van der Waals surface area contributed by atoms with E-state index >= 15 is 0 Å². The summed E-state index contributed by atoms with van der Waals surface area (Å²) in [6.07, 6.45) is -0.0285. The van der Waals surface area contributed by atoms with Crippen molar-refractivity contribution in [2.75, 3.05) is 38.8 Å². The van der Waals surface area contributed by atoms with Crippen LogP contribution in [-0.2, 0) is 4.74 Å². The van der Waals surface area contributed by atoms with Crippen LogP contribution in [0.1, 0.15) is 30.4 Å². The Kier molecular flexibility index (Phi) is 6.29. The summed E-state index contributed by atoms with van der Waals surface area (Å²) in [4.78, 5) is 14.2. The van der Waals surface area contributed by atoms with Gasteiger partial charge in [0, 0.05) is 12.6 Å². The number of ether oxygens (including phenoxy) is 2. The zero-order valence-corrected chi connectivity index (χ0v) is 14.3. The zero-order valence-electron chi connectivity index (χ0n) is 13.5. The number of hydrogen-bond donors (Lipinski definition) is 2. The second kappa shape index (κ2) is 7.51. The molecule has 1 aromatic rings. The molecule has 0 saturated heterocycles. The van der Waals surface area contributed by atoms with Gasteiger partial charge in [-0.3, -0.25) is 0 Å². The molecule has 0 fully saturated rings. The predicted octanol–water partition coefficient (Wildman–Crippen LogP) is 2.27. The number of hydrogen-bond acceptors (Lipinski definition) is 7. The van der Waals surface area contributed by atoms with Crippen LogP contribution < -0.4 is 15.8 Å². The van der Waals surface area contributed by atoms with Gasteiger partial charge in [0.1, 0.15) is 15.6 Å². The van der Waals surface area contributed by atoms with Crippen molar-refractivity contribution in [2.45, 2.75) is 32.9 Å². The number of likely N-dealkylation sites (N-methyl/N-ethyl adjacent to an activating group) is 1. The number of methoxy groups -OCH3 is 1. The maximum Gasteiger partial charge on any atom is 0.350 e. The van der Waals surface area contributed by atoms with Crippen LogP contribution in [0.15, 0.2) is 0 Å². The minimum Gasteiger partial charge on any atom is -0.486 e. The van der Waals surface area contributed by atoms with E-state index in [-0.39, 0.29) is 6.10 Å². The van der Waals surface area contributed by atoms with Gasteiger partial charge in [-0.05, 0) is 34.9 Å². The molecule has 0 radical (unpaired) electrons. The van der Waals surface area contributed by atoms with Crippen molar-refractivity contribution in [3.05, 3.63) is 4.88 Å². The first kappa shape index (κ1) is 17.6. The van der Waals surface area contributed by atoms with Crippen LogP contribution in [0.3, 0.4) is 0 Å². The summed E-state index contributed by atoms with van der Waals surface area (Å²) in [5.41, 5.74) is 6.36. The Hall–Kier alpha value is -1.47. The Labute approximate surface area is 130 Å². The maximum atomic E-state index is 11.7. The first-order chi connectivity index (χ1) is 9.77. The SMILES string of the molecule is COC(=O)c1sc(NCC(C)N(C)C)c(OC(C)C)c1N. The number of nitrogens with one attached hydrogen (secondary N) is 1. The highest BCUT2D eigenvalue weighted by Crippen LogP contribution is 2.43. The molecule has 1 unspecified atom stereocenters. The predicted molar refractivity (Wildman–Crippen MR) is 87.5 cm³/mol. The molecule has 0 amide bonds. The average Bonchev–Trinajstić information content (AvgIpc) is 2.72. The van der Waals surface area contributed by atoms with Gasteiger partial charge >= 0.3 is 5.97 Å². The first-order valence-corrected chi connectivity index (χ1v) is 7.67. The molecule has 0 aliphatic rings. The van der Waals surface area contributed by atoms with E-state index in [0.717, 1.165) is 11.5 Å². The molecule has 3 N–H and O–H groups in total. The fourth-order valence-corrected chi connectivity index (χ4v) is 2.54. The summed E-state index contributed by atoms with van der Waals surface area (Å²) in [5, 5.41) is 4.06. The lowest BCUT2D eigenvalue weighted by Gasteiger charge is -2.20. The van der Waals surface area contributed by atoms with E-state index in [1.807, 2.05) is 27.9 Å². The number of carbonyl (C=O) groups is 1. The number of rotatable bonds is 7. The van der Waals surface area contributed by atoms with Crippen molar-refractivity contribution >= 4 is 28.0 Å². The minimum absolute atomic E-state index is 0.0285. The maximum absolute atomic E-state index is 11.7. The summed E-state index contributed by atoms with van der Waals surface area (Å²) in [6, 6.07) is 0.335. The molecule has 1 heterocycles. The van der Waals surface area contributed by atoms with Gasteiger partial charge in [0.2, 0.25) is 0 Å². The van der Waals surface area contributed by atoms with Crippen LogP contribution in [0.4, 0.5) is 10.7 Å². The van der Waals surface area contributed by atoms with Crippen LogP contribution in [0.2, 0.25) is 0 Å². The van der Waals surface area contributed by atoms with E-state index in [4.69, 9.17) is 15.2 Å². The van der Waals surface area contributed by atoms with Gasteiger partial charge in [-0.15, -0.1) is 11.3 Å². The molecule has 0 saturated carbocycles. The second-order valence-electron chi connectivity index (χ2n) is 5.35. The molecule has 6 nitrogen and oxygen atoms in total. The summed E-state index contributed by atoms with van der Waals surface area (Å²) in [6.45, 7) is 6.67. The quantitative estimate of drug-likeness (QED) is 0.752. The van der Waals surface area contributed by atoms with Crippen LogP contribution in [0.25, 0.3) is 0 Å². The Morgan fingerprint density at radius 2 is 2.00 bits per heavy atom. The Morgan fingerprint density at radius 3 is 2.48 bits per heavy atom. The molecule has 1 atom stereocenters. The van der Waals surface area contributed by atoms with E-state index < -0.39 is 5.97 Å². The highest BCUT2D eigenvalue weighted by atomic mass is 32.1. The lowest BCUT2D eigenvalue weighted by atomic mass is 10.3. The molecule has 0 bridgehead atoms. The van der Waals surface area contributed by atoms with E-state index in [0.29, 0.717) is 22.4 Å². The molecule has 0 spiro atoms. The van der Waals surface area contributed by atoms with Crippen molar-refractivity contribution in [2.24, 2.45) is 0 Å². The van der Waals surface area contributed by atoms with Crippen molar-refractivity contribution in [3.8, 4) is 5.75 Å². The second-order valence-corrected chi connectivity index (χ2v) is 6.38. The van der Waals surface area contributed by atoms with Gasteiger partial charge in [0.05, 0.1) is 13.2 Å². The van der Waals surface area contributed by atoms with E-state index in [1.165, 1.54) is 18.4 Å². The highest BCUT2D eigenvalue weighted by Gasteiger charge is 2.24. The van der Waals surface area contributed by atoms with Crippen LogP contribution in [0, 0.1) is 0 Å². The van der Waals surface area contributed by atoms with Gasteiger partial charge in [0.15, 0.2) is 5.75 Å². The summed E-state index contributed by atoms with van der Waals surface area (Å²) in [5.74, 6) is 0.0844. The third-order valence-corrected chi connectivity index (χ3v) is 4.19. The fraction of sp³-hybridized carbons (Fsp3) is 0.643. The number of nitrogens with zero attached hydrogens (tertiary/aromatic N) is 1. The van der Waals surface area contributed by atoms with Crippen molar-refractivity contribution in [1.29, 1.82) is 0 Å². The smallest absolute Gasteiger partial charge is 0.350 e.